The van der Waals surface area contributed by atoms with Gasteiger partial charge < -0.3 is 4.42 Å². The zero-order chi connectivity index (χ0) is 20.7. The van der Waals surface area contributed by atoms with E-state index in [1.165, 1.54) is 22.8 Å². The molecule has 0 unspecified atom stereocenters. The van der Waals surface area contributed by atoms with Crippen molar-refractivity contribution in [3.63, 3.8) is 0 Å². The molecule has 5 rings (SSSR count). The number of allylic oxidation sites excluding steroid dienone is 1. The van der Waals surface area contributed by atoms with Crippen LogP contribution in [0.3, 0.4) is 0 Å². The van der Waals surface area contributed by atoms with Crippen LogP contribution in [-0.2, 0) is 6.42 Å². The first-order valence-electron chi connectivity index (χ1n) is 9.57. The fourth-order valence-electron chi connectivity index (χ4n) is 3.80. The maximum absolute atomic E-state index is 12.7. The summed E-state index contributed by atoms with van der Waals surface area (Å²) in [6.07, 6.45) is 4.12. The lowest BCUT2D eigenvalue weighted by Gasteiger charge is -2.03. The topological polar surface area (TPSA) is 30.2 Å². The van der Waals surface area contributed by atoms with Crippen LogP contribution >= 0.6 is 23.2 Å². The first-order valence-corrected chi connectivity index (χ1v) is 10.3. The molecular formula is C26H16Cl2O2. The van der Waals surface area contributed by atoms with Crippen molar-refractivity contribution < 1.29 is 9.21 Å². The minimum atomic E-state index is -0.0686. The number of furan rings is 1. The van der Waals surface area contributed by atoms with Crippen LogP contribution in [0.5, 0.6) is 0 Å². The molecule has 4 heteroatoms. The number of rotatable bonds is 4. The number of ketones is 1. The van der Waals surface area contributed by atoms with Crippen molar-refractivity contribution in [1.29, 1.82) is 0 Å². The number of benzene rings is 3. The van der Waals surface area contributed by atoms with Gasteiger partial charge in [0.25, 0.3) is 0 Å². The molecule has 4 aromatic rings. The summed E-state index contributed by atoms with van der Waals surface area (Å²) in [5.74, 6) is 1.10. The highest BCUT2D eigenvalue weighted by Gasteiger charge is 2.19. The van der Waals surface area contributed by atoms with Gasteiger partial charge >= 0.3 is 0 Å². The molecule has 1 aliphatic rings. The van der Waals surface area contributed by atoms with Gasteiger partial charge in [-0.25, -0.2) is 0 Å². The van der Waals surface area contributed by atoms with Crippen LogP contribution in [0.2, 0.25) is 10.0 Å². The molecule has 1 aliphatic carbocycles. The third-order valence-electron chi connectivity index (χ3n) is 5.30. The Hall–Kier alpha value is -3.07. The summed E-state index contributed by atoms with van der Waals surface area (Å²) in [5.41, 5.74) is 6.28. The van der Waals surface area contributed by atoms with E-state index < -0.39 is 0 Å². The second-order valence-corrected chi connectivity index (χ2v) is 8.07. The lowest BCUT2D eigenvalue weighted by Crippen LogP contribution is -1.95. The number of carbonyl (C=O) groups is 1. The molecular weight excluding hydrogens is 415 g/mol. The molecule has 3 aromatic carbocycles. The molecule has 0 atom stereocenters. The van der Waals surface area contributed by atoms with Gasteiger partial charge in [0.15, 0.2) is 5.78 Å². The zero-order valence-corrected chi connectivity index (χ0v) is 17.4. The Morgan fingerprint density at radius 1 is 0.833 bits per heavy atom. The minimum absolute atomic E-state index is 0.0686. The van der Waals surface area contributed by atoms with E-state index in [9.17, 15) is 4.79 Å². The summed E-state index contributed by atoms with van der Waals surface area (Å²) in [6, 6.07) is 23.1. The van der Waals surface area contributed by atoms with Gasteiger partial charge in [-0.2, -0.15) is 0 Å². The van der Waals surface area contributed by atoms with E-state index >= 15 is 0 Å². The van der Waals surface area contributed by atoms with Crippen LogP contribution in [0.25, 0.3) is 28.5 Å². The molecule has 0 saturated heterocycles. The Morgan fingerprint density at radius 3 is 2.57 bits per heavy atom. The quantitative estimate of drug-likeness (QED) is 0.215. The van der Waals surface area contributed by atoms with E-state index in [-0.39, 0.29) is 5.78 Å². The highest BCUT2D eigenvalue weighted by atomic mass is 35.5. The second kappa shape index (κ2) is 7.64. The number of hydrogen-bond donors (Lipinski definition) is 0. The summed E-state index contributed by atoms with van der Waals surface area (Å²) in [5, 5.41) is 1.13. The fourth-order valence-corrected chi connectivity index (χ4v) is 4.19. The van der Waals surface area contributed by atoms with Crippen LogP contribution in [0, 0.1) is 0 Å². The predicted octanol–water partition coefficient (Wildman–Crippen LogP) is 7.72. The summed E-state index contributed by atoms with van der Waals surface area (Å²) in [4.78, 5) is 12.7. The van der Waals surface area contributed by atoms with E-state index in [1.807, 2.05) is 36.4 Å². The molecule has 2 nitrogen and oxygen atoms in total. The van der Waals surface area contributed by atoms with E-state index in [0.717, 1.165) is 12.0 Å². The van der Waals surface area contributed by atoms with Gasteiger partial charge in [0, 0.05) is 16.1 Å². The van der Waals surface area contributed by atoms with Crippen LogP contribution in [-0.4, -0.2) is 5.78 Å². The second-order valence-electron chi connectivity index (χ2n) is 7.23. The van der Waals surface area contributed by atoms with Crippen molar-refractivity contribution in [1.82, 2.24) is 0 Å². The Bertz CT molecular complexity index is 1310. The standard InChI is InChI=1S/C26H16Cl2O2/c27-19-7-10-24(28)23(15-19)26-12-9-20(30-26)8-11-25(29)18-6-5-17-13-16-3-1-2-4-21(16)22(17)14-18/h1-12,14-15H,13H2/b11-8+. The molecule has 0 fully saturated rings. The third-order valence-corrected chi connectivity index (χ3v) is 5.87. The van der Waals surface area contributed by atoms with Crippen molar-refractivity contribution in [3.05, 3.63) is 111 Å². The maximum Gasteiger partial charge on any atom is 0.185 e. The molecule has 0 radical (unpaired) electrons. The SMILES string of the molecule is O=C(/C=C/c1ccc(-c2cc(Cl)ccc2Cl)o1)c1ccc2c(c1)-c1ccccc1C2. The maximum atomic E-state index is 12.7. The van der Waals surface area contributed by atoms with Crippen LogP contribution in [0.4, 0.5) is 0 Å². The van der Waals surface area contributed by atoms with Crippen molar-refractivity contribution in [2.45, 2.75) is 6.42 Å². The molecule has 0 spiro atoms. The normalized spacial score (nSPS) is 12.2. The summed E-state index contributed by atoms with van der Waals surface area (Å²) in [6.45, 7) is 0. The smallest absolute Gasteiger partial charge is 0.185 e. The van der Waals surface area contributed by atoms with E-state index in [0.29, 0.717) is 32.7 Å². The summed E-state index contributed by atoms with van der Waals surface area (Å²) < 4.78 is 5.83. The van der Waals surface area contributed by atoms with E-state index in [2.05, 4.69) is 12.1 Å². The van der Waals surface area contributed by atoms with E-state index in [4.69, 9.17) is 27.6 Å². The van der Waals surface area contributed by atoms with Crippen LogP contribution in [0.1, 0.15) is 27.2 Å². The average Bonchev–Trinajstić information content (AvgIpc) is 3.38. The van der Waals surface area contributed by atoms with Gasteiger partial charge in [-0.05, 0) is 77.2 Å². The van der Waals surface area contributed by atoms with Crippen molar-refractivity contribution in [3.8, 4) is 22.5 Å². The molecule has 0 N–H and O–H groups in total. The number of fused-ring (bicyclic) bond motifs is 3. The predicted molar refractivity (Wildman–Crippen MR) is 122 cm³/mol. The lowest BCUT2D eigenvalue weighted by atomic mass is 10.0. The van der Waals surface area contributed by atoms with Gasteiger partial charge in [-0.3, -0.25) is 4.79 Å². The monoisotopic (exact) mass is 430 g/mol. The molecule has 30 heavy (non-hydrogen) atoms. The minimum Gasteiger partial charge on any atom is -0.457 e. The Balaban J connectivity index is 1.38. The molecule has 0 saturated carbocycles. The van der Waals surface area contributed by atoms with Crippen LogP contribution < -0.4 is 0 Å². The Labute approximate surface area is 184 Å². The first-order chi connectivity index (χ1) is 14.6. The van der Waals surface area contributed by atoms with Gasteiger partial charge in [-0.15, -0.1) is 0 Å². The van der Waals surface area contributed by atoms with Crippen molar-refractivity contribution >= 4 is 35.1 Å². The lowest BCUT2D eigenvalue weighted by molar-refractivity contribution is 0.104. The number of hydrogen-bond acceptors (Lipinski definition) is 2. The Kier molecular flexibility index (Phi) is 4.82. The average molecular weight is 431 g/mol. The molecule has 0 bridgehead atoms. The first kappa shape index (κ1) is 18.9. The number of carbonyl (C=O) groups excluding carboxylic acids is 1. The van der Waals surface area contributed by atoms with E-state index in [1.54, 1.807) is 30.3 Å². The van der Waals surface area contributed by atoms with Crippen molar-refractivity contribution in [2.24, 2.45) is 0 Å². The van der Waals surface area contributed by atoms with Gasteiger partial charge in [0.2, 0.25) is 0 Å². The Morgan fingerprint density at radius 2 is 1.67 bits per heavy atom. The fraction of sp³-hybridized carbons (Fsp3) is 0.0385. The third kappa shape index (κ3) is 3.49. The van der Waals surface area contributed by atoms with Gasteiger partial charge in [0.05, 0.1) is 5.02 Å². The summed E-state index contributed by atoms with van der Waals surface area (Å²) >= 11 is 12.3. The molecule has 1 heterocycles. The molecule has 1 aromatic heterocycles. The van der Waals surface area contributed by atoms with Gasteiger partial charge in [-0.1, -0.05) is 59.6 Å². The van der Waals surface area contributed by atoms with Crippen molar-refractivity contribution in [2.75, 3.05) is 0 Å². The summed E-state index contributed by atoms with van der Waals surface area (Å²) in [7, 11) is 0. The molecule has 0 aliphatic heterocycles. The largest absolute Gasteiger partial charge is 0.457 e. The van der Waals surface area contributed by atoms with Crippen LogP contribution in [0.15, 0.2) is 83.3 Å². The molecule has 0 amide bonds. The highest BCUT2D eigenvalue weighted by molar-refractivity contribution is 6.35. The number of halogens is 2. The zero-order valence-electron chi connectivity index (χ0n) is 15.9. The van der Waals surface area contributed by atoms with Gasteiger partial charge in [0.1, 0.15) is 11.5 Å². The highest BCUT2D eigenvalue weighted by Crippen LogP contribution is 2.37. The molecule has 146 valence electrons.